The Labute approximate surface area is 78.3 Å². The molecule has 1 heterocycles. The van der Waals surface area contributed by atoms with E-state index in [1.54, 1.807) is 7.05 Å². The molecule has 1 rings (SSSR count). The molecule has 1 atom stereocenters. The maximum Gasteiger partial charge on any atom is 0.259 e. The Balaban J connectivity index is 2.56. The summed E-state index contributed by atoms with van der Waals surface area (Å²) in [5.41, 5.74) is -1.75. The standard InChI is InChI=1S/C9H17FN2O/c1-9(2,10)8(13)12(3)7-4-5-11-6-7/h7,11H,4-6H2,1-3H3. The van der Waals surface area contributed by atoms with Gasteiger partial charge in [0, 0.05) is 19.6 Å². The van der Waals surface area contributed by atoms with Crippen molar-refractivity contribution in [3.63, 3.8) is 0 Å². The summed E-state index contributed by atoms with van der Waals surface area (Å²) < 4.78 is 13.3. The summed E-state index contributed by atoms with van der Waals surface area (Å²) in [6.45, 7) is 4.29. The van der Waals surface area contributed by atoms with E-state index in [2.05, 4.69) is 5.32 Å². The SMILES string of the molecule is CN(C(=O)C(C)(C)F)C1CCNC1. The number of carbonyl (C=O) groups excluding carboxylic acids is 1. The van der Waals surface area contributed by atoms with Gasteiger partial charge in [0.2, 0.25) is 0 Å². The van der Waals surface area contributed by atoms with E-state index >= 15 is 0 Å². The average molecular weight is 188 g/mol. The summed E-state index contributed by atoms with van der Waals surface area (Å²) in [5, 5.41) is 3.14. The highest BCUT2D eigenvalue weighted by molar-refractivity contribution is 5.84. The molecule has 4 heteroatoms. The maximum atomic E-state index is 13.3. The largest absolute Gasteiger partial charge is 0.339 e. The minimum Gasteiger partial charge on any atom is -0.339 e. The van der Waals surface area contributed by atoms with Crippen molar-refractivity contribution in [2.24, 2.45) is 0 Å². The van der Waals surface area contributed by atoms with Crippen LogP contribution in [0.3, 0.4) is 0 Å². The zero-order chi connectivity index (χ0) is 10.1. The molecule has 0 aliphatic carbocycles. The van der Waals surface area contributed by atoms with Crippen LogP contribution in [-0.2, 0) is 4.79 Å². The highest BCUT2D eigenvalue weighted by atomic mass is 19.1. The van der Waals surface area contributed by atoms with E-state index in [1.807, 2.05) is 0 Å². The maximum absolute atomic E-state index is 13.3. The zero-order valence-electron chi connectivity index (χ0n) is 8.43. The molecule has 1 N–H and O–H groups in total. The Morgan fingerprint density at radius 3 is 2.62 bits per heavy atom. The molecule has 1 aliphatic rings. The molecule has 1 saturated heterocycles. The highest BCUT2D eigenvalue weighted by Crippen LogP contribution is 2.16. The van der Waals surface area contributed by atoms with E-state index < -0.39 is 11.6 Å². The number of alkyl halides is 1. The first-order valence-corrected chi connectivity index (χ1v) is 4.60. The predicted octanol–water partition coefficient (Wildman–Crippen LogP) is 0.555. The number of nitrogens with one attached hydrogen (secondary N) is 1. The summed E-state index contributed by atoms with van der Waals surface area (Å²) in [4.78, 5) is 13.0. The predicted molar refractivity (Wildman–Crippen MR) is 49.2 cm³/mol. The van der Waals surface area contributed by atoms with E-state index in [0.29, 0.717) is 0 Å². The molecule has 0 aromatic carbocycles. The Hall–Kier alpha value is -0.640. The summed E-state index contributed by atoms with van der Waals surface area (Å²) in [6, 6.07) is 0.155. The zero-order valence-corrected chi connectivity index (χ0v) is 8.43. The van der Waals surface area contributed by atoms with Gasteiger partial charge in [0.15, 0.2) is 5.67 Å². The fourth-order valence-electron chi connectivity index (χ4n) is 1.56. The van der Waals surface area contributed by atoms with Crippen LogP contribution >= 0.6 is 0 Å². The lowest BCUT2D eigenvalue weighted by Crippen LogP contribution is -2.46. The summed E-state index contributed by atoms with van der Waals surface area (Å²) in [5.74, 6) is -0.429. The van der Waals surface area contributed by atoms with Gasteiger partial charge in [-0.25, -0.2) is 4.39 Å². The second kappa shape index (κ2) is 3.62. The second-order valence-electron chi connectivity index (χ2n) is 4.04. The summed E-state index contributed by atoms with van der Waals surface area (Å²) in [7, 11) is 1.67. The molecular weight excluding hydrogens is 171 g/mol. The average Bonchev–Trinajstić information content (AvgIpc) is 2.51. The minimum atomic E-state index is -1.75. The minimum absolute atomic E-state index is 0.155. The van der Waals surface area contributed by atoms with Crippen molar-refractivity contribution in [3.05, 3.63) is 0 Å². The van der Waals surface area contributed by atoms with Gasteiger partial charge in [0.25, 0.3) is 5.91 Å². The first kappa shape index (κ1) is 10.4. The number of nitrogens with zero attached hydrogens (tertiary/aromatic N) is 1. The van der Waals surface area contributed by atoms with Gasteiger partial charge in [0.05, 0.1) is 0 Å². The monoisotopic (exact) mass is 188 g/mol. The van der Waals surface area contributed by atoms with Crippen molar-refractivity contribution in [1.82, 2.24) is 10.2 Å². The van der Waals surface area contributed by atoms with Crippen molar-refractivity contribution in [3.8, 4) is 0 Å². The number of amides is 1. The van der Waals surface area contributed by atoms with Gasteiger partial charge in [-0.1, -0.05) is 0 Å². The van der Waals surface area contributed by atoms with E-state index in [9.17, 15) is 9.18 Å². The molecule has 0 bridgehead atoms. The lowest BCUT2D eigenvalue weighted by atomic mass is 10.1. The third kappa shape index (κ3) is 2.40. The third-order valence-electron chi connectivity index (χ3n) is 2.41. The molecule has 1 aliphatic heterocycles. The number of carbonyl (C=O) groups is 1. The van der Waals surface area contributed by atoms with Crippen LogP contribution in [0.4, 0.5) is 4.39 Å². The molecule has 0 spiro atoms. The summed E-state index contributed by atoms with van der Waals surface area (Å²) in [6.07, 6.45) is 0.915. The van der Waals surface area contributed by atoms with Gasteiger partial charge in [-0.3, -0.25) is 4.79 Å². The quantitative estimate of drug-likeness (QED) is 0.686. The molecule has 0 aromatic heterocycles. The van der Waals surface area contributed by atoms with Crippen LogP contribution in [0.2, 0.25) is 0 Å². The van der Waals surface area contributed by atoms with Gasteiger partial charge in [0.1, 0.15) is 0 Å². The fourth-order valence-corrected chi connectivity index (χ4v) is 1.56. The Bertz CT molecular complexity index is 194. The molecular formula is C9H17FN2O. The Kier molecular flexibility index (Phi) is 2.91. The van der Waals surface area contributed by atoms with Crippen molar-refractivity contribution < 1.29 is 9.18 Å². The van der Waals surface area contributed by atoms with E-state index in [4.69, 9.17) is 0 Å². The molecule has 13 heavy (non-hydrogen) atoms. The van der Waals surface area contributed by atoms with Crippen LogP contribution in [0.5, 0.6) is 0 Å². The first-order chi connectivity index (χ1) is 5.93. The van der Waals surface area contributed by atoms with Crippen LogP contribution in [0.25, 0.3) is 0 Å². The van der Waals surface area contributed by atoms with Crippen LogP contribution in [0.1, 0.15) is 20.3 Å². The molecule has 1 unspecified atom stereocenters. The molecule has 3 nitrogen and oxygen atoms in total. The van der Waals surface area contributed by atoms with Gasteiger partial charge in [-0.2, -0.15) is 0 Å². The lowest BCUT2D eigenvalue weighted by Gasteiger charge is -2.28. The van der Waals surface area contributed by atoms with Crippen molar-refractivity contribution in [2.45, 2.75) is 32.0 Å². The first-order valence-electron chi connectivity index (χ1n) is 4.60. The number of likely N-dealkylation sites (N-methyl/N-ethyl adjacent to an activating group) is 1. The third-order valence-corrected chi connectivity index (χ3v) is 2.41. The van der Waals surface area contributed by atoms with E-state index in [0.717, 1.165) is 19.5 Å². The number of hydrogen-bond acceptors (Lipinski definition) is 2. The van der Waals surface area contributed by atoms with Gasteiger partial charge in [-0.05, 0) is 26.8 Å². The van der Waals surface area contributed by atoms with Crippen molar-refractivity contribution >= 4 is 5.91 Å². The number of rotatable bonds is 2. The van der Waals surface area contributed by atoms with Crippen LogP contribution in [0, 0.1) is 0 Å². The van der Waals surface area contributed by atoms with Crippen LogP contribution in [-0.4, -0.2) is 42.7 Å². The van der Waals surface area contributed by atoms with Gasteiger partial charge in [-0.15, -0.1) is 0 Å². The Morgan fingerprint density at radius 1 is 1.62 bits per heavy atom. The topological polar surface area (TPSA) is 32.3 Å². The van der Waals surface area contributed by atoms with Gasteiger partial charge >= 0.3 is 0 Å². The van der Waals surface area contributed by atoms with Crippen LogP contribution in [0.15, 0.2) is 0 Å². The molecule has 0 saturated carbocycles. The number of hydrogen-bond donors (Lipinski definition) is 1. The van der Waals surface area contributed by atoms with E-state index in [1.165, 1.54) is 18.7 Å². The lowest BCUT2D eigenvalue weighted by molar-refractivity contribution is -0.142. The van der Waals surface area contributed by atoms with Crippen LogP contribution < -0.4 is 5.32 Å². The second-order valence-corrected chi connectivity index (χ2v) is 4.04. The fraction of sp³-hybridized carbons (Fsp3) is 0.889. The molecule has 76 valence electrons. The normalized spacial score (nSPS) is 23.2. The highest BCUT2D eigenvalue weighted by Gasteiger charge is 2.33. The number of halogens is 1. The molecule has 1 amide bonds. The van der Waals surface area contributed by atoms with E-state index in [-0.39, 0.29) is 6.04 Å². The Morgan fingerprint density at radius 2 is 2.23 bits per heavy atom. The molecule has 1 fully saturated rings. The van der Waals surface area contributed by atoms with Gasteiger partial charge < -0.3 is 10.2 Å². The molecule has 0 radical (unpaired) electrons. The smallest absolute Gasteiger partial charge is 0.259 e. The molecule has 0 aromatic rings. The van der Waals surface area contributed by atoms with Crippen molar-refractivity contribution in [2.75, 3.05) is 20.1 Å². The van der Waals surface area contributed by atoms with Crippen molar-refractivity contribution in [1.29, 1.82) is 0 Å². The summed E-state index contributed by atoms with van der Waals surface area (Å²) >= 11 is 0.